The number of hydrogen-bond acceptors (Lipinski definition) is 4. The molecule has 0 unspecified atom stereocenters. The molecule has 2 heterocycles. The van der Waals surface area contributed by atoms with Crippen molar-refractivity contribution in [3.8, 4) is 5.88 Å². The molecule has 19 heavy (non-hydrogen) atoms. The Morgan fingerprint density at radius 3 is 2.68 bits per heavy atom. The van der Waals surface area contributed by atoms with E-state index in [0.717, 1.165) is 10.5 Å². The Kier molecular flexibility index (Phi) is 4.34. The Bertz CT molecular complexity index is 458. The second-order valence-corrected chi connectivity index (χ2v) is 12.7. The van der Waals surface area contributed by atoms with E-state index in [4.69, 9.17) is 9.47 Å². The third kappa shape index (κ3) is 3.78. The molecule has 106 valence electrons. The average Bonchev–Trinajstić information content (AvgIpc) is 2.26. The lowest BCUT2D eigenvalue weighted by molar-refractivity contribution is -0.185. The summed E-state index contributed by atoms with van der Waals surface area (Å²) >= 11 is 3.38. The quantitative estimate of drug-likeness (QED) is 0.833. The van der Waals surface area contributed by atoms with Crippen LogP contribution in [0.25, 0.3) is 0 Å². The zero-order valence-corrected chi connectivity index (χ0v) is 14.2. The van der Waals surface area contributed by atoms with Gasteiger partial charge in [0.15, 0.2) is 0 Å². The van der Waals surface area contributed by atoms with Gasteiger partial charge in [0.2, 0.25) is 5.88 Å². The number of nitrogens with zero attached hydrogens (tertiary/aromatic N) is 1. The van der Waals surface area contributed by atoms with Crippen molar-refractivity contribution >= 4 is 24.0 Å². The molecule has 1 aliphatic heterocycles. The van der Waals surface area contributed by atoms with Gasteiger partial charge >= 0.3 is 0 Å². The van der Waals surface area contributed by atoms with Crippen LogP contribution in [0.5, 0.6) is 5.88 Å². The summed E-state index contributed by atoms with van der Waals surface area (Å²) in [5.41, 5.74) is -0.241. The Morgan fingerprint density at radius 2 is 2.16 bits per heavy atom. The summed E-state index contributed by atoms with van der Waals surface area (Å²) in [5.74, 6) is 0.521. The fraction of sp³-hybridized carbons (Fsp3) is 0.615. The highest BCUT2D eigenvalue weighted by Crippen LogP contribution is 2.36. The van der Waals surface area contributed by atoms with Gasteiger partial charge < -0.3 is 14.6 Å². The van der Waals surface area contributed by atoms with Crippen LogP contribution in [0.2, 0.25) is 25.7 Å². The van der Waals surface area contributed by atoms with Crippen molar-refractivity contribution in [2.75, 3.05) is 19.8 Å². The number of ether oxygens (including phenoxy) is 2. The minimum atomic E-state index is -1.13. The van der Waals surface area contributed by atoms with Gasteiger partial charge in [-0.3, -0.25) is 0 Å². The van der Waals surface area contributed by atoms with Crippen molar-refractivity contribution < 1.29 is 14.6 Å². The summed E-state index contributed by atoms with van der Waals surface area (Å²) in [6.45, 7) is 8.16. The first-order valence-electron chi connectivity index (χ1n) is 6.39. The van der Waals surface area contributed by atoms with E-state index in [0.29, 0.717) is 31.3 Å². The maximum atomic E-state index is 10.4. The molecule has 0 aromatic carbocycles. The molecule has 6 heteroatoms. The molecular formula is C13H20BrNO3Si. The summed E-state index contributed by atoms with van der Waals surface area (Å²) < 4.78 is 11.7. The normalized spacial score (nSPS) is 17.9. The van der Waals surface area contributed by atoms with Gasteiger partial charge in [-0.05, 0) is 28.0 Å². The van der Waals surface area contributed by atoms with Crippen molar-refractivity contribution in [1.29, 1.82) is 0 Å². The van der Waals surface area contributed by atoms with Crippen molar-refractivity contribution in [2.45, 2.75) is 31.3 Å². The van der Waals surface area contributed by atoms with Crippen LogP contribution in [-0.2, 0) is 10.3 Å². The van der Waals surface area contributed by atoms with Crippen LogP contribution in [0.4, 0.5) is 0 Å². The highest BCUT2D eigenvalue weighted by Gasteiger charge is 2.41. The van der Waals surface area contributed by atoms with Gasteiger partial charge in [-0.1, -0.05) is 19.6 Å². The van der Waals surface area contributed by atoms with Gasteiger partial charge in [-0.2, -0.15) is 0 Å². The minimum absolute atomic E-state index is 0.301. The van der Waals surface area contributed by atoms with Crippen LogP contribution < -0.4 is 4.74 Å². The van der Waals surface area contributed by atoms with Crippen LogP contribution in [0.3, 0.4) is 0 Å². The molecule has 1 aromatic rings. The number of hydrogen-bond donors (Lipinski definition) is 1. The Labute approximate surface area is 123 Å². The fourth-order valence-electron chi connectivity index (χ4n) is 1.78. The standard InChI is InChI=1S/C13H20BrNO3Si/c1-19(2,3)5-4-18-12-11(6-10(14)7-15-12)13(16)8-17-9-13/h6-7,16H,4-5,8-9H2,1-3H3. The molecular weight excluding hydrogens is 326 g/mol. The first-order chi connectivity index (χ1) is 8.80. The number of halogens is 1. The summed E-state index contributed by atoms with van der Waals surface area (Å²) in [4.78, 5) is 4.28. The Balaban J connectivity index is 2.11. The predicted molar refractivity (Wildman–Crippen MR) is 80.3 cm³/mol. The molecule has 4 nitrogen and oxygen atoms in total. The van der Waals surface area contributed by atoms with Gasteiger partial charge in [0, 0.05) is 18.7 Å². The van der Waals surface area contributed by atoms with Crippen LogP contribution >= 0.6 is 15.9 Å². The largest absolute Gasteiger partial charge is 0.478 e. The lowest BCUT2D eigenvalue weighted by Gasteiger charge is -2.37. The Morgan fingerprint density at radius 1 is 1.47 bits per heavy atom. The highest BCUT2D eigenvalue weighted by atomic mass is 79.9. The van der Waals surface area contributed by atoms with Gasteiger partial charge in [0.05, 0.1) is 25.4 Å². The van der Waals surface area contributed by atoms with Crippen LogP contribution in [0, 0.1) is 0 Å². The second kappa shape index (κ2) is 5.52. The SMILES string of the molecule is C[Si](C)(C)CCOc1ncc(Br)cc1C1(O)COC1. The smallest absolute Gasteiger partial charge is 0.219 e. The molecule has 1 fully saturated rings. The molecule has 1 aliphatic rings. The van der Waals surface area contributed by atoms with Crippen LogP contribution in [0.1, 0.15) is 5.56 Å². The van der Waals surface area contributed by atoms with E-state index in [1.807, 2.05) is 6.07 Å². The van der Waals surface area contributed by atoms with E-state index in [1.54, 1.807) is 6.20 Å². The van der Waals surface area contributed by atoms with E-state index in [9.17, 15) is 5.11 Å². The van der Waals surface area contributed by atoms with Gasteiger partial charge in [0.1, 0.15) is 5.60 Å². The van der Waals surface area contributed by atoms with Crippen molar-refractivity contribution in [2.24, 2.45) is 0 Å². The molecule has 0 radical (unpaired) electrons. The molecule has 1 saturated heterocycles. The first kappa shape index (κ1) is 15.0. The van der Waals surface area contributed by atoms with E-state index < -0.39 is 13.7 Å². The Hall–Kier alpha value is -0.433. The first-order valence-corrected chi connectivity index (χ1v) is 10.9. The number of aliphatic hydroxyl groups is 1. The number of pyridine rings is 1. The zero-order chi connectivity index (χ0) is 14.1. The molecule has 0 atom stereocenters. The maximum Gasteiger partial charge on any atom is 0.219 e. The maximum absolute atomic E-state index is 10.4. The second-order valence-electron chi connectivity index (χ2n) is 6.19. The van der Waals surface area contributed by atoms with Gasteiger partial charge in [-0.25, -0.2) is 4.98 Å². The third-order valence-electron chi connectivity index (χ3n) is 3.09. The monoisotopic (exact) mass is 345 g/mol. The van der Waals surface area contributed by atoms with E-state index in [-0.39, 0.29) is 0 Å². The molecule has 0 amide bonds. The molecule has 0 saturated carbocycles. The number of aromatic nitrogens is 1. The average molecular weight is 346 g/mol. The lowest BCUT2D eigenvalue weighted by Crippen LogP contribution is -2.46. The van der Waals surface area contributed by atoms with E-state index >= 15 is 0 Å². The summed E-state index contributed by atoms with van der Waals surface area (Å²) in [6.07, 6.45) is 1.69. The topological polar surface area (TPSA) is 51.6 Å². The highest BCUT2D eigenvalue weighted by molar-refractivity contribution is 9.10. The van der Waals surface area contributed by atoms with E-state index in [2.05, 4.69) is 40.6 Å². The minimum Gasteiger partial charge on any atom is -0.478 e. The number of rotatable bonds is 5. The summed E-state index contributed by atoms with van der Waals surface area (Å²) in [6, 6.07) is 2.93. The molecule has 1 aromatic heterocycles. The lowest BCUT2D eigenvalue weighted by atomic mass is 9.93. The van der Waals surface area contributed by atoms with Gasteiger partial charge in [0.25, 0.3) is 0 Å². The van der Waals surface area contributed by atoms with E-state index in [1.165, 1.54) is 0 Å². The van der Waals surface area contributed by atoms with Crippen molar-refractivity contribution in [3.63, 3.8) is 0 Å². The molecule has 2 rings (SSSR count). The van der Waals surface area contributed by atoms with Crippen LogP contribution in [0.15, 0.2) is 16.7 Å². The fourth-order valence-corrected chi connectivity index (χ4v) is 2.83. The third-order valence-corrected chi connectivity index (χ3v) is 5.23. The van der Waals surface area contributed by atoms with Crippen LogP contribution in [-0.4, -0.2) is 38.0 Å². The van der Waals surface area contributed by atoms with Crippen molar-refractivity contribution in [1.82, 2.24) is 4.98 Å². The molecule has 1 N–H and O–H groups in total. The van der Waals surface area contributed by atoms with Crippen molar-refractivity contribution in [3.05, 3.63) is 22.3 Å². The predicted octanol–water partition coefficient (Wildman–Crippen LogP) is 2.78. The molecule has 0 bridgehead atoms. The zero-order valence-electron chi connectivity index (χ0n) is 11.6. The summed E-state index contributed by atoms with van der Waals surface area (Å²) in [5, 5.41) is 10.4. The summed E-state index contributed by atoms with van der Waals surface area (Å²) in [7, 11) is -1.13. The molecule has 0 spiro atoms. The van der Waals surface area contributed by atoms with Gasteiger partial charge in [-0.15, -0.1) is 0 Å². The molecule has 0 aliphatic carbocycles.